The second-order valence-corrected chi connectivity index (χ2v) is 5.11. The Balaban J connectivity index is 2.28. The van der Waals surface area contributed by atoms with Gasteiger partial charge in [0.15, 0.2) is 0 Å². The van der Waals surface area contributed by atoms with Crippen LogP contribution in [0.2, 0.25) is 0 Å². The molecule has 0 bridgehead atoms. The first-order valence-corrected chi connectivity index (χ1v) is 6.46. The predicted octanol–water partition coefficient (Wildman–Crippen LogP) is 3.19. The topological polar surface area (TPSA) is 46.9 Å². The van der Waals surface area contributed by atoms with Crippen molar-refractivity contribution in [2.75, 3.05) is 5.32 Å². The van der Waals surface area contributed by atoms with Gasteiger partial charge in [-0.3, -0.25) is 9.48 Å². The zero-order chi connectivity index (χ0) is 14.2. The molecule has 0 aliphatic heterocycles. The van der Waals surface area contributed by atoms with Crippen molar-refractivity contribution in [3.05, 3.63) is 45.4 Å². The average molecular weight is 326 g/mol. The molecule has 0 spiro atoms. The number of carbonyl (C=O) groups excluding carboxylic acids is 1. The summed E-state index contributed by atoms with van der Waals surface area (Å²) in [6.45, 7) is 3.67. The van der Waals surface area contributed by atoms with Gasteiger partial charge in [-0.1, -0.05) is 0 Å². The SMILES string of the molecule is Cc1nn(C)c(C)c1NC(=O)c1ccc(Br)c(F)c1. The molecule has 0 saturated heterocycles. The number of aryl methyl sites for hydroxylation is 2. The van der Waals surface area contributed by atoms with Crippen molar-refractivity contribution < 1.29 is 9.18 Å². The second kappa shape index (κ2) is 5.13. The Labute approximate surface area is 118 Å². The summed E-state index contributed by atoms with van der Waals surface area (Å²) < 4.78 is 15.4. The minimum Gasteiger partial charge on any atom is -0.319 e. The molecule has 2 rings (SSSR count). The molecule has 1 aromatic heterocycles. The van der Waals surface area contributed by atoms with Crippen molar-refractivity contribution in [3.8, 4) is 0 Å². The Morgan fingerprint density at radius 2 is 2.11 bits per heavy atom. The zero-order valence-corrected chi connectivity index (χ0v) is 12.4. The van der Waals surface area contributed by atoms with Crippen molar-refractivity contribution in [1.82, 2.24) is 9.78 Å². The fourth-order valence-corrected chi connectivity index (χ4v) is 2.02. The summed E-state index contributed by atoms with van der Waals surface area (Å²) in [7, 11) is 1.80. The van der Waals surface area contributed by atoms with Crippen molar-refractivity contribution in [2.45, 2.75) is 13.8 Å². The zero-order valence-electron chi connectivity index (χ0n) is 10.8. The van der Waals surface area contributed by atoms with E-state index < -0.39 is 5.82 Å². The van der Waals surface area contributed by atoms with E-state index in [1.165, 1.54) is 12.1 Å². The number of aromatic nitrogens is 2. The third-order valence-electron chi connectivity index (χ3n) is 2.93. The molecule has 4 nitrogen and oxygen atoms in total. The van der Waals surface area contributed by atoms with Crippen LogP contribution in [0.5, 0.6) is 0 Å². The molecule has 19 heavy (non-hydrogen) atoms. The van der Waals surface area contributed by atoms with Crippen LogP contribution in [0.3, 0.4) is 0 Å². The third kappa shape index (κ3) is 2.68. The molecule has 0 unspecified atom stereocenters. The summed E-state index contributed by atoms with van der Waals surface area (Å²) in [5, 5.41) is 6.97. The van der Waals surface area contributed by atoms with Crippen LogP contribution in [0.4, 0.5) is 10.1 Å². The van der Waals surface area contributed by atoms with E-state index in [0.29, 0.717) is 10.2 Å². The van der Waals surface area contributed by atoms with E-state index in [2.05, 4.69) is 26.3 Å². The summed E-state index contributed by atoms with van der Waals surface area (Å²) in [5.41, 5.74) is 2.51. The number of hydrogen-bond donors (Lipinski definition) is 1. The first-order valence-electron chi connectivity index (χ1n) is 5.66. The van der Waals surface area contributed by atoms with Crippen LogP contribution < -0.4 is 5.32 Å². The molecule has 0 fully saturated rings. The summed E-state index contributed by atoms with van der Waals surface area (Å²) in [5.74, 6) is -0.821. The number of anilines is 1. The Hall–Kier alpha value is -1.69. The van der Waals surface area contributed by atoms with Gasteiger partial charge in [-0.15, -0.1) is 0 Å². The lowest BCUT2D eigenvalue weighted by molar-refractivity contribution is 0.102. The third-order valence-corrected chi connectivity index (χ3v) is 3.57. The summed E-state index contributed by atoms with van der Waals surface area (Å²) in [6.07, 6.45) is 0. The Morgan fingerprint density at radius 1 is 1.42 bits per heavy atom. The van der Waals surface area contributed by atoms with Crippen LogP contribution in [-0.2, 0) is 7.05 Å². The molecule has 0 aliphatic carbocycles. The molecular weight excluding hydrogens is 313 g/mol. The number of halogens is 2. The van der Waals surface area contributed by atoms with Crippen molar-refractivity contribution in [2.24, 2.45) is 7.05 Å². The molecule has 0 atom stereocenters. The Kier molecular flexibility index (Phi) is 3.71. The second-order valence-electron chi connectivity index (χ2n) is 4.25. The van der Waals surface area contributed by atoms with E-state index in [-0.39, 0.29) is 11.5 Å². The molecule has 1 N–H and O–H groups in total. The fraction of sp³-hybridized carbons (Fsp3) is 0.231. The number of amides is 1. The molecule has 2 aromatic rings. The molecule has 0 saturated carbocycles. The molecule has 100 valence electrons. The predicted molar refractivity (Wildman–Crippen MR) is 74.7 cm³/mol. The van der Waals surface area contributed by atoms with Gasteiger partial charge in [0.25, 0.3) is 5.91 Å². The normalized spacial score (nSPS) is 10.6. The largest absolute Gasteiger partial charge is 0.319 e. The van der Waals surface area contributed by atoms with Crippen LogP contribution in [0.1, 0.15) is 21.7 Å². The lowest BCUT2D eigenvalue weighted by Gasteiger charge is -2.06. The first-order chi connectivity index (χ1) is 8.90. The van der Waals surface area contributed by atoms with E-state index in [1.807, 2.05) is 13.8 Å². The van der Waals surface area contributed by atoms with Gasteiger partial charge < -0.3 is 5.32 Å². The first kappa shape index (κ1) is 13.7. The standard InChI is InChI=1S/C13H13BrFN3O/c1-7-12(8(2)18(3)17-7)16-13(19)9-4-5-10(14)11(15)6-9/h4-6H,1-3H3,(H,16,19). The van der Waals surface area contributed by atoms with Crippen LogP contribution >= 0.6 is 15.9 Å². The lowest BCUT2D eigenvalue weighted by atomic mass is 10.2. The molecular formula is C13H13BrFN3O. The van der Waals surface area contributed by atoms with Crippen LogP contribution in [0, 0.1) is 19.7 Å². The molecule has 1 heterocycles. The van der Waals surface area contributed by atoms with Gasteiger partial charge in [0.05, 0.1) is 21.5 Å². The lowest BCUT2D eigenvalue weighted by Crippen LogP contribution is -2.13. The van der Waals surface area contributed by atoms with Gasteiger partial charge in [-0.05, 0) is 48.0 Å². The Bertz CT molecular complexity index is 652. The van der Waals surface area contributed by atoms with Gasteiger partial charge in [-0.25, -0.2) is 4.39 Å². The number of rotatable bonds is 2. The minimum absolute atomic E-state index is 0.267. The molecule has 1 aromatic carbocycles. The summed E-state index contributed by atoms with van der Waals surface area (Å²) in [6, 6.07) is 4.26. The van der Waals surface area contributed by atoms with E-state index >= 15 is 0 Å². The fourth-order valence-electron chi connectivity index (χ4n) is 1.78. The van der Waals surface area contributed by atoms with Crippen LogP contribution in [0.25, 0.3) is 0 Å². The van der Waals surface area contributed by atoms with Crippen LogP contribution in [0.15, 0.2) is 22.7 Å². The maximum Gasteiger partial charge on any atom is 0.255 e. The highest BCUT2D eigenvalue weighted by atomic mass is 79.9. The highest BCUT2D eigenvalue weighted by Crippen LogP contribution is 2.21. The van der Waals surface area contributed by atoms with Gasteiger partial charge in [0.2, 0.25) is 0 Å². The van der Waals surface area contributed by atoms with E-state index in [0.717, 1.165) is 11.4 Å². The minimum atomic E-state index is -0.465. The van der Waals surface area contributed by atoms with E-state index in [4.69, 9.17) is 0 Å². The van der Waals surface area contributed by atoms with Gasteiger partial charge in [-0.2, -0.15) is 5.10 Å². The van der Waals surface area contributed by atoms with Gasteiger partial charge >= 0.3 is 0 Å². The maximum absolute atomic E-state index is 13.4. The number of hydrogen-bond acceptors (Lipinski definition) is 2. The highest BCUT2D eigenvalue weighted by molar-refractivity contribution is 9.10. The highest BCUT2D eigenvalue weighted by Gasteiger charge is 2.14. The van der Waals surface area contributed by atoms with Crippen molar-refractivity contribution >= 4 is 27.5 Å². The maximum atomic E-state index is 13.4. The molecule has 6 heteroatoms. The average Bonchev–Trinajstić information content (AvgIpc) is 2.59. The number of benzene rings is 1. The van der Waals surface area contributed by atoms with Crippen LogP contribution in [-0.4, -0.2) is 15.7 Å². The summed E-state index contributed by atoms with van der Waals surface area (Å²) in [4.78, 5) is 12.1. The number of nitrogens with one attached hydrogen (secondary N) is 1. The Morgan fingerprint density at radius 3 is 2.63 bits per heavy atom. The molecule has 0 radical (unpaired) electrons. The van der Waals surface area contributed by atoms with Crippen molar-refractivity contribution in [3.63, 3.8) is 0 Å². The molecule has 0 aliphatic rings. The van der Waals surface area contributed by atoms with E-state index in [1.54, 1.807) is 17.8 Å². The monoisotopic (exact) mass is 325 g/mol. The van der Waals surface area contributed by atoms with Gasteiger partial charge in [0.1, 0.15) is 5.82 Å². The number of carbonyl (C=O) groups is 1. The summed E-state index contributed by atoms with van der Waals surface area (Å²) >= 11 is 3.05. The van der Waals surface area contributed by atoms with E-state index in [9.17, 15) is 9.18 Å². The molecule has 1 amide bonds. The number of nitrogens with zero attached hydrogens (tertiary/aromatic N) is 2. The van der Waals surface area contributed by atoms with Gasteiger partial charge in [0, 0.05) is 12.6 Å². The van der Waals surface area contributed by atoms with Crippen molar-refractivity contribution in [1.29, 1.82) is 0 Å². The quantitative estimate of drug-likeness (QED) is 0.921. The smallest absolute Gasteiger partial charge is 0.255 e.